The van der Waals surface area contributed by atoms with Crippen molar-refractivity contribution in [1.29, 1.82) is 0 Å². The van der Waals surface area contributed by atoms with Crippen molar-refractivity contribution in [2.75, 3.05) is 32.6 Å². The lowest BCUT2D eigenvalue weighted by Crippen LogP contribution is -2.62. The number of hydrogen-bond acceptors (Lipinski definition) is 8. The summed E-state index contributed by atoms with van der Waals surface area (Å²) in [7, 11) is -0.0754. The van der Waals surface area contributed by atoms with Crippen LogP contribution in [0.4, 0.5) is 0 Å². The SMILES string of the molecule is C[C@@H](CC(=O)CS(C)(=O)=O)[C@H]1C(=O)N2C(C(=O)O)=C(S[C@@H]3CN[C@H](C(=O)N(C)C)C3)[C@H](C)[C@H]12. The Morgan fingerprint density at radius 1 is 1.30 bits per heavy atom. The number of likely N-dealkylation sites (N-methyl/N-ethyl adjacent to an activating group) is 1. The van der Waals surface area contributed by atoms with Crippen molar-refractivity contribution in [3.05, 3.63) is 10.6 Å². The summed E-state index contributed by atoms with van der Waals surface area (Å²) in [6.45, 7) is 4.17. The third-order valence-electron chi connectivity index (χ3n) is 6.50. The lowest BCUT2D eigenvalue weighted by molar-refractivity contribution is -0.160. The number of nitrogens with one attached hydrogen (secondary N) is 1. The first-order chi connectivity index (χ1) is 15.2. The molecule has 2 fully saturated rings. The molecule has 3 aliphatic heterocycles. The molecule has 10 nitrogen and oxygen atoms in total. The Balaban J connectivity index is 1.73. The van der Waals surface area contributed by atoms with Gasteiger partial charge in [0.05, 0.1) is 18.0 Å². The van der Waals surface area contributed by atoms with Crippen LogP contribution in [-0.2, 0) is 29.0 Å². The Hall–Kier alpha value is -1.92. The topological polar surface area (TPSA) is 141 Å². The number of nitrogens with zero attached hydrogens (tertiary/aromatic N) is 2. The van der Waals surface area contributed by atoms with Gasteiger partial charge in [-0.1, -0.05) is 13.8 Å². The fourth-order valence-corrected chi connectivity index (χ4v) is 7.26. The van der Waals surface area contributed by atoms with Crippen molar-refractivity contribution in [2.45, 2.75) is 44.0 Å². The molecule has 2 saturated heterocycles. The zero-order chi connectivity index (χ0) is 24.8. The van der Waals surface area contributed by atoms with Gasteiger partial charge in [0, 0.05) is 49.4 Å². The van der Waals surface area contributed by atoms with Crippen LogP contribution < -0.4 is 5.32 Å². The second-order valence-electron chi connectivity index (χ2n) is 9.49. The Morgan fingerprint density at radius 2 is 1.94 bits per heavy atom. The minimum absolute atomic E-state index is 0.00767. The van der Waals surface area contributed by atoms with Gasteiger partial charge in [0.15, 0.2) is 9.84 Å². The van der Waals surface area contributed by atoms with E-state index in [9.17, 15) is 32.7 Å². The van der Waals surface area contributed by atoms with Crippen LogP contribution in [0.1, 0.15) is 26.7 Å². The normalized spacial score (nSPS) is 30.2. The number of β-lactam (4-membered cyclic amide) rings is 1. The maximum absolute atomic E-state index is 12.9. The van der Waals surface area contributed by atoms with Gasteiger partial charge in [-0.25, -0.2) is 13.2 Å². The molecule has 3 aliphatic rings. The van der Waals surface area contributed by atoms with E-state index in [4.69, 9.17) is 0 Å². The average molecular weight is 502 g/mol. The third kappa shape index (κ3) is 5.12. The van der Waals surface area contributed by atoms with E-state index in [0.717, 1.165) is 6.26 Å². The summed E-state index contributed by atoms with van der Waals surface area (Å²) in [5.74, 6) is -3.74. The molecule has 6 atom stereocenters. The molecule has 12 heteroatoms. The zero-order valence-electron chi connectivity index (χ0n) is 19.4. The minimum atomic E-state index is -3.45. The average Bonchev–Trinajstić information content (AvgIpc) is 3.22. The molecule has 0 spiro atoms. The number of rotatable bonds is 9. The van der Waals surface area contributed by atoms with Gasteiger partial charge in [0.1, 0.15) is 17.2 Å². The number of thioether (sulfide) groups is 1. The summed E-state index contributed by atoms with van der Waals surface area (Å²) < 4.78 is 22.8. The van der Waals surface area contributed by atoms with Gasteiger partial charge in [0.2, 0.25) is 11.8 Å². The largest absolute Gasteiger partial charge is 0.477 e. The van der Waals surface area contributed by atoms with Crippen LogP contribution in [0.5, 0.6) is 0 Å². The van der Waals surface area contributed by atoms with E-state index < -0.39 is 39.2 Å². The van der Waals surface area contributed by atoms with Crippen LogP contribution >= 0.6 is 11.8 Å². The number of carboxylic acids is 1. The number of carboxylic acid groups (broad SMARTS) is 1. The molecule has 2 amide bonds. The molecule has 0 aromatic heterocycles. The maximum atomic E-state index is 12.9. The molecule has 0 radical (unpaired) electrons. The van der Waals surface area contributed by atoms with Crippen LogP contribution in [0.25, 0.3) is 0 Å². The molecular weight excluding hydrogens is 470 g/mol. The minimum Gasteiger partial charge on any atom is -0.477 e. The van der Waals surface area contributed by atoms with Gasteiger partial charge in [0.25, 0.3) is 0 Å². The fraction of sp³-hybridized carbons (Fsp3) is 0.714. The van der Waals surface area contributed by atoms with Crippen LogP contribution in [0, 0.1) is 17.8 Å². The van der Waals surface area contributed by atoms with Gasteiger partial charge >= 0.3 is 5.97 Å². The third-order valence-corrected chi connectivity index (χ3v) is 8.86. The van der Waals surface area contributed by atoms with E-state index in [-0.39, 0.29) is 47.2 Å². The van der Waals surface area contributed by atoms with Crippen molar-refractivity contribution in [1.82, 2.24) is 15.1 Å². The van der Waals surface area contributed by atoms with Crippen molar-refractivity contribution < 1.29 is 32.7 Å². The lowest BCUT2D eigenvalue weighted by Gasteiger charge is -2.47. The number of hydrogen-bond donors (Lipinski definition) is 2. The second-order valence-corrected chi connectivity index (χ2v) is 13.0. The molecule has 184 valence electrons. The highest BCUT2D eigenvalue weighted by Gasteiger charge is 2.60. The molecule has 0 aromatic rings. The van der Waals surface area contributed by atoms with Gasteiger partial charge in [-0.05, 0) is 12.3 Å². The number of sulfone groups is 1. The van der Waals surface area contributed by atoms with E-state index in [1.54, 1.807) is 21.0 Å². The first-order valence-electron chi connectivity index (χ1n) is 10.8. The zero-order valence-corrected chi connectivity index (χ0v) is 21.0. The Bertz CT molecular complexity index is 1010. The quantitative estimate of drug-likeness (QED) is 0.416. The molecule has 3 heterocycles. The summed E-state index contributed by atoms with van der Waals surface area (Å²) in [6.07, 6.45) is 1.50. The summed E-state index contributed by atoms with van der Waals surface area (Å²) in [6, 6.07) is -0.698. The molecule has 0 unspecified atom stereocenters. The highest BCUT2D eigenvalue weighted by atomic mass is 32.2. The standard InChI is InChI=1S/C21H31N3O7S2/c1-10(6-12(25)9-33(5,30)31)15-16-11(2)18(17(21(28)29)24(16)20(15)27)32-13-7-14(22-8-13)19(26)23(3)4/h10-11,13-16,22H,6-9H2,1-5H3,(H,28,29)/t10-,11+,13-,14-,15+,16+/m0/s1. The number of ketones is 1. The van der Waals surface area contributed by atoms with Crippen molar-refractivity contribution in [2.24, 2.45) is 17.8 Å². The van der Waals surface area contributed by atoms with Gasteiger partial charge < -0.3 is 20.2 Å². The summed E-state index contributed by atoms with van der Waals surface area (Å²) >= 11 is 1.40. The van der Waals surface area contributed by atoms with E-state index in [0.29, 0.717) is 17.9 Å². The number of fused-ring (bicyclic) bond motifs is 1. The van der Waals surface area contributed by atoms with E-state index >= 15 is 0 Å². The molecule has 0 aromatic carbocycles. The van der Waals surface area contributed by atoms with Crippen LogP contribution in [0.3, 0.4) is 0 Å². The van der Waals surface area contributed by atoms with Crippen molar-refractivity contribution in [3.63, 3.8) is 0 Å². The van der Waals surface area contributed by atoms with Crippen LogP contribution in [-0.4, -0.2) is 96.9 Å². The fourth-order valence-electron chi connectivity index (χ4n) is 5.08. The van der Waals surface area contributed by atoms with Gasteiger partial charge in [-0.15, -0.1) is 11.8 Å². The predicted molar refractivity (Wildman–Crippen MR) is 123 cm³/mol. The second kappa shape index (κ2) is 9.38. The highest BCUT2D eigenvalue weighted by molar-refractivity contribution is 8.03. The van der Waals surface area contributed by atoms with Crippen LogP contribution in [0.15, 0.2) is 10.6 Å². The van der Waals surface area contributed by atoms with Gasteiger partial charge in [-0.2, -0.15) is 0 Å². The number of Topliss-reactive ketones (excluding diaryl/α,β-unsaturated/α-hetero) is 1. The molecule has 2 N–H and O–H groups in total. The number of aliphatic carboxylic acids is 1. The van der Waals surface area contributed by atoms with E-state index in [2.05, 4.69) is 5.32 Å². The monoisotopic (exact) mass is 501 g/mol. The smallest absolute Gasteiger partial charge is 0.353 e. The van der Waals surface area contributed by atoms with Crippen LogP contribution in [0.2, 0.25) is 0 Å². The molecule has 33 heavy (non-hydrogen) atoms. The van der Waals surface area contributed by atoms with E-state index in [1.807, 2.05) is 6.92 Å². The molecule has 3 rings (SSSR count). The molecule has 0 saturated carbocycles. The van der Waals surface area contributed by atoms with Crippen molar-refractivity contribution >= 4 is 45.2 Å². The van der Waals surface area contributed by atoms with Crippen molar-refractivity contribution in [3.8, 4) is 0 Å². The summed E-state index contributed by atoms with van der Waals surface area (Å²) in [5, 5.41) is 13.0. The first kappa shape index (κ1) is 25.7. The Kier molecular flexibility index (Phi) is 7.30. The number of amides is 2. The first-order valence-corrected chi connectivity index (χ1v) is 13.8. The molecular formula is C21H31N3O7S2. The molecule has 0 aliphatic carbocycles. The molecule has 0 bridgehead atoms. The Morgan fingerprint density at radius 3 is 2.48 bits per heavy atom. The summed E-state index contributed by atoms with van der Waals surface area (Å²) in [4.78, 5) is 52.9. The van der Waals surface area contributed by atoms with Gasteiger partial charge in [-0.3, -0.25) is 14.4 Å². The highest BCUT2D eigenvalue weighted by Crippen LogP contribution is 2.53. The predicted octanol–water partition coefficient (Wildman–Crippen LogP) is -0.0489. The number of carbonyl (C=O) groups is 4. The number of carbonyl (C=O) groups excluding carboxylic acids is 3. The summed E-state index contributed by atoms with van der Waals surface area (Å²) in [5.41, 5.74) is -0.0178. The van der Waals surface area contributed by atoms with E-state index in [1.165, 1.54) is 21.6 Å². The maximum Gasteiger partial charge on any atom is 0.353 e. The Labute approximate surface area is 198 Å². The lowest BCUT2D eigenvalue weighted by atomic mass is 9.73.